The quantitative estimate of drug-likeness (QED) is 0.176. The highest BCUT2D eigenvalue weighted by Crippen LogP contribution is 2.35. The van der Waals surface area contributed by atoms with Crippen LogP contribution in [0, 0.1) is 6.92 Å². The summed E-state index contributed by atoms with van der Waals surface area (Å²) < 4.78 is 17.6. The van der Waals surface area contributed by atoms with Crippen molar-refractivity contribution in [3.63, 3.8) is 0 Å². The van der Waals surface area contributed by atoms with Gasteiger partial charge in [0.05, 0.1) is 31.1 Å². The van der Waals surface area contributed by atoms with Crippen molar-refractivity contribution >= 4 is 45.9 Å². The first-order chi connectivity index (χ1) is 18.3. The number of rotatable bonds is 13. The minimum atomic E-state index is -0.620. The van der Waals surface area contributed by atoms with E-state index in [1.54, 1.807) is 26.8 Å². The second-order valence-corrected chi connectivity index (χ2v) is 9.66. The number of amides is 1. The molecule has 1 N–H and O–H groups in total. The van der Waals surface area contributed by atoms with Gasteiger partial charge >= 0.3 is 11.9 Å². The maximum Gasteiger partial charge on any atom is 0.348 e. The number of benzene rings is 1. The van der Waals surface area contributed by atoms with Gasteiger partial charge in [-0.15, -0.1) is 28.1 Å². The lowest BCUT2D eigenvalue weighted by Gasteiger charge is -2.09. The van der Waals surface area contributed by atoms with E-state index in [1.165, 1.54) is 11.8 Å². The van der Waals surface area contributed by atoms with Crippen LogP contribution in [0.15, 0.2) is 42.1 Å². The minimum absolute atomic E-state index is 0.00743. The van der Waals surface area contributed by atoms with Crippen molar-refractivity contribution in [1.29, 1.82) is 0 Å². The number of ether oxygens (including phenoxy) is 3. The Morgan fingerprint density at radius 1 is 1.05 bits per heavy atom. The van der Waals surface area contributed by atoms with Crippen LogP contribution in [0.25, 0.3) is 11.4 Å². The van der Waals surface area contributed by atoms with Gasteiger partial charge in [-0.1, -0.05) is 17.8 Å². The molecular formula is C26H30N4O6S2. The van der Waals surface area contributed by atoms with Crippen LogP contribution in [0.3, 0.4) is 0 Å². The van der Waals surface area contributed by atoms with E-state index in [2.05, 4.69) is 22.1 Å². The third-order valence-electron chi connectivity index (χ3n) is 5.12. The molecule has 0 saturated carbocycles. The van der Waals surface area contributed by atoms with Crippen LogP contribution in [0.5, 0.6) is 5.75 Å². The molecule has 0 spiro atoms. The van der Waals surface area contributed by atoms with Gasteiger partial charge in [-0.3, -0.25) is 9.36 Å². The van der Waals surface area contributed by atoms with Crippen LogP contribution in [-0.4, -0.2) is 58.2 Å². The summed E-state index contributed by atoms with van der Waals surface area (Å²) in [5.74, 6) is -0.178. The standard InChI is InChI=1S/C26H30N4O6S2/c1-6-14-30-22(17-10-12-18(13-11-17)34-7-2)28-29-26(30)37-15-19(31)27-23-20(24(32)35-8-3)16(5)21(38-23)25(33)36-9-4/h6,10-13H,1,7-9,14-15H2,2-5H3,(H,27,31). The zero-order chi connectivity index (χ0) is 27.7. The molecule has 3 rings (SSSR count). The van der Waals surface area contributed by atoms with Crippen molar-refractivity contribution in [1.82, 2.24) is 14.8 Å². The minimum Gasteiger partial charge on any atom is -0.494 e. The van der Waals surface area contributed by atoms with Gasteiger partial charge in [0.25, 0.3) is 0 Å². The Kier molecular flexibility index (Phi) is 10.5. The number of esters is 2. The maximum absolute atomic E-state index is 12.9. The number of carbonyl (C=O) groups excluding carboxylic acids is 3. The molecule has 3 aromatic rings. The Bertz CT molecular complexity index is 1300. The van der Waals surface area contributed by atoms with Crippen molar-refractivity contribution < 1.29 is 28.6 Å². The number of anilines is 1. The van der Waals surface area contributed by atoms with Crippen LogP contribution in [0.1, 0.15) is 46.4 Å². The van der Waals surface area contributed by atoms with Gasteiger partial charge < -0.3 is 19.5 Å². The molecule has 0 radical (unpaired) electrons. The summed E-state index contributed by atoms with van der Waals surface area (Å²) in [7, 11) is 0. The monoisotopic (exact) mass is 558 g/mol. The number of thiophene rings is 1. The Morgan fingerprint density at radius 3 is 2.37 bits per heavy atom. The molecule has 0 bridgehead atoms. The summed E-state index contributed by atoms with van der Waals surface area (Å²) in [5, 5.41) is 12.1. The maximum atomic E-state index is 12.9. The predicted molar refractivity (Wildman–Crippen MR) is 147 cm³/mol. The molecule has 2 aromatic heterocycles. The third kappa shape index (κ3) is 6.81. The first-order valence-electron chi connectivity index (χ1n) is 12.0. The lowest BCUT2D eigenvalue weighted by atomic mass is 10.1. The number of aromatic nitrogens is 3. The molecule has 38 heavy (non-hydrogen) atoms. The number of nitrogens with zero attached hydrogens (tertiary/aromatic N) is 3. The van der Waals surface area contributed by atoms with Gasteiger partial charge in [0.15, 0.2) is 11.0 Å². The fourth-order valence-electron chi connectivity index (χ4n) is 3.50. The summed E-state index contributed by atoms with van der Waals surface area (Å²) in [4.78, 5) is 38.1. The van der Waals surface area contributed by atoms with Crippen molar-refractivity contribution in [2.75, 3.05) is 30.9 Å². The zero-order valence-electron chi connectivity index (χ0n) is 21.7. The first kappa shape index (κ1) is 28.9. The lowest BCUT2D eigenvalue weighted by Crippen LogP contribution is -2.17. The second-order valence-electron chi connectivity index (χ2n) is 7.70. The summed E-state index contributed by atoms with van der Waals surface area (Å²) in [6, 6.07) is 7.52. The Balaban J connectivity index is 1.78. The highest BCUT2D eigenvalue weighted by Gasteiger charge is 2.27. The molecule has 12 heteroatoms. The molecule has 202 valence electrons. The topological polar surface area (TPSA) is 122 Å². The number of nitrogens with one attached hydrogen (secondary N) is 1. The Hall–Kier alpha value is -3.64. The van der Waals surface area contributed by atoms with Crippen molar-refractivity contribution in [2.24, 2.45) is 0 Å². The van der Waals surface area contributed by atoms with E-state index in [1.807, 2.05) is 35.8 Å². The van der Waals surface area contributed by atoms with E-state index < -0.39 is 11.9 Å². The van der Waals surface area contributed by atoms with E-state index in [0.29, 0.717) is 29.7 Å². The van der Waals surface area contributed by atoms with Gasteiger partial charge in [-0.05, 0) is 57.5 Å². The third-order valence-corrected chi connectivity index (χ3v) is 7.28. The number of thioether (sulfide) groups is 1. The molecule has 10 nitrogen and oxygen atoms in total. The molecule has 0 atom stereocenters. The normalized spacial score (nSPS) is 10.6. The van der Waals surface area contributed by atoms with Crippen molar-refractivity contribution in [3.05, 3.63) is 52.9 Å². The van der Waals surface area contributed by atoms with E-state index in [4.69, 9.17) is 14.2 Å². The average Bonchev–Trinajstić information content (AvgIpc) is 3.44. The number of hydrogen-bond acceptors (Lipinski definition) is 10. The number of hydrogen-bond donors (Lipinski definition) is 1. The summed E-state index contributed by atoms with van der Waals surface area (Å²) in [6.45, 7) is 12.1. The van der Waals surface area contributed by atoms with Crippen LogP contribution < -0.4 is 10.1 Å². The van der Waals surface area contributed by atoms with E-state index in [0.717, 1.165) is 22.6 Å². The van der Waals surface area contributed by atoms with Crippen molar-refractivity contribution in [2.45, 2.75) is 39.4 Å². The molecule has 0 aliphatic carbocycles. The molecule has 0 aliphatic heterocycles. The molecule has 1 aromatic carbocycles. The SMILES string of the molecule is C=CCn1c(SCC(=O)Nc2sc(C(=O)OCC)c(C)c2C(=O)OCC)nnc1-c1ccc(OCC)cc1. The van der Waals surface area contributed by atoms with E-state index >= 15 is 0 Å². The van der Waals surface area contributed by atoms with Crippen LogP contribution in [-0.2, 0) is 20.8 Å². The van der Waals surface area contributed by atoms with Crippen molar-refractivity contribution in [3.8, 4) is 17.1 Å². The van der Waals surface area contributed by atoms with Crippen LogP contribution in [0.2, 0.25) is 0 Å². The van der Waals surface area contributed by atoms with Crippen LogP contribution >= 0.6 is 23.1 Å². The van der Waals surface area contributed by atoms with Gasteiger partial charge in [0, 0.05) is 12.1 Å². The predicted octanol–water partition coefficient (Wildman–Crippen LogP) is 4.98. The molecule has 1 amide bonds. The van der Waals surface area contributed by atoms with Gasteiger partial charge in [0.1, 0.15) is 15.6 Å². The number of carbonyl (C=O) groups is 3. The van der Waals surface area contributed by atoms with Crippen LogP contribution in [0.4, 0.5) is 5.00 Å². The number of allylic oxidation sites excluding steroid dienone is 1. The van der Waals surface area contributed by atoms with E-state index in [-0.39, 0.29) is 40.3 Å². The Labute approximate surface area is 229 Å². The smallest absolute Gasteiger partial charge is 0.348 e. The molecule has 2 heterocycles. The molecular weight excluding hydrogens is 528 g/mol. The molecule has 0 unspecified atom stereocenters. The molecule has 0 saturated heterocycles. The second kappa shape index (κ2) is 13.8. The zero-order valence-corrected chi connectivity index (χ0v) is 23.4. The molecule has 0 fully saturated rings. The summed E-state index contributed by atoms with van der Waals surface area (Å²) >= 11 is 2.18. The summed E-state index contributed by atoms with van der Waals surface area (Å²) in [5.41, 5.74) is 1.39. The fourth-order valence-corrected chi connectivity index (χ4v) is 5.36. The Morgan fingerprint density at radius 2 is 1.74 bits per heavy atom. The first-order valence-corrected chi connectivity index (χ1v) is 13.8. The van der Waals surface area contributed by atoms with Gasteiger partial charge in [-0.25, -0.2) is 9.59 Å². The average molecular weight is 559 g/mol. The van der Waals surface area contributed by atoms with E-state index in [9.17, 15) is 14.4 Å². The van der Waals surface area contributed by atoms with Gasteiger partial charge in [0.2, 0.25) is 5.91 Å². The fraction of sp³-hybridized carbons (Fsp3) is 0.346. The highest BCUT2D eigenvalue weighted by atomic mass is 32.2. The largest absolute Gasteiger partial charge is 0.494 e. The summed E-state index contributed by atoms with van der Waals surface area (Å²) in [6.07, 6.45) is 1.72. The highest BCUT2D eigenvalue weighted by molar-refractivity contribution is 7.99. The molecule has 0 aliphatic rings. The van der Waals surface area contributed by atoms with Gasteiger partial charge in [-0.2, -0.15) is 0 Å². The lowest BCUT2D eigenvalue weighted by molar-refractivity contribution is -0.113.